The van der Waals surface area contributed by atoms with Crippen LogP contribution < -0.4 is 5.32 Å². The van der Waals surface area contributed by atoms with Gasteiger partial charge in [0.15, 0.2) is 22.8 Å². The summed E-state index contributed by atoms with van der Waals surface area (Å²) >= 11 is 1.18. The Kier molecular flexibility index (Phi) is 5.50. The maximum Gasteiger partial charge on any atom is 0.237 e. The van der Waals surface area contributed by atoms with Crippen molar-refractivity contribution in [2.45, 2.75) is 54.7 Å². The Morgan fingerprint density at radius 2 is 2.03 bits per heavy atom. The molecule has 1 amide bonds. The predicted octanol–water partition coefficient (Wildman–Crippen LogP) is -2.31. The average Bonchev–Trinajstić information content (AvgIpc) is 3.36. The molecule has 4 rings (SSSR count). The maximum absolute atomic E-state index is 12.8. The number of hydrogen-bond donors (Lipinski definition) is 5. The molecule has 2 aliphatic heterocycles. The molecule has 0 saturated carbocycles. The summed E-state index contributed by atoms with van der Waals surface area (Å²) in [7, 11) is 0. The highest BCUT2D eigenvalue weighted by Gasteiger charge is 2.47. The van der Waals surface area contributed by atoms with E-state index in [0.29, 0.717) is 0 Å². The molecule has 0 radical (unpaired) electrons. The zero-order valence-corrected chi connectivity index (χ0v) is 16.9. The van der Waals surface area contributed by atoms with Gasteiger partial charge in [-0.3, -0.25) is 14.2 Å². The smallest absolute Gasteiger partial charge is 0.237 e. The van der Waals surface area contributed by atoms with Crippen molar-refractivity contribution in [3.63, 3.8) is 0 Å². The Hall–Kier alpha value is -2.16. The second-order valence-electron chi connectivity index (χ2n) is 7.21. The van der Waals surface area contributed by atoms with Crippen LogP contribution in [0.25, 0.3) is 11.2 Å². The van der Waals surface area contributed by atoms with E-state index < -0.39 is 60.9 Å². The first kappa shape index (κ1) is 21.1. The molecule has 2 saturated heterocycles. The van der Waals surface area contributed by atoms with Crippen LogP contribution in [-0.4, -0.2) is 95.0 Å². The Balaban J connectivity index is 1.82. The number of thioether (sulfide) groups is 1. The fraction of sp³-hybridized carbons (Fsp3) is 0.588. The fourth-order valence-corrected chi connectivity index (χ4v) is 4.11. The maximum atomic E-state index is 12.8. The van der Waals surface area contributed by atoms with Crippen molar-refractivity contribution in [3.8, 4) is 0 Å². The van der Waals surface area contributed by atoms with E-state index in [1.165, 1.54) is 29.6 Å². The Labute approximate surface area is 174 Å². The number of nitrogens with zero attached hydrogens (tertiary/aromatic N) is 4. The van der Waals surface area contributed by atoms with Gasteiger partial charge in [-0.2, -0.15) is 0 Å². The minimum atomic E-state index is -1.35. The molecule has 13 heteroatoms. The van der Waals surface area contributed by atoms with Crippen molar-refractivity contribution in [1.29, 1.82) is 0 Å². The number of nitrogens with one attached hydrogen (secondary N) is 1. The number of rotatable bonds is 5. The first-order valence-corrected chi connectivity index (χ1v) is 10.4. The summed E-state index contributed by atoms with van der Waals surface area (Å²) in [5, 5.41) is 42.2. The van der Waals surface area contributed by atoms with Crippen LogP contribution in [0.2, 0.25) is 0 Å². The Bertz CT molecular complexity index is 998. The molecule has 0 spiro atoms. The number of aromatic nitrogens is 4. The van der Waals surface area contributed by atoms with E-state index in [1.54, 1.807) is 6.26 Å². The molecule has 7 atom stereocenters. The van der Waals surface area contributed by atoms with E-state index in [2.05, 4.69) is 20.3 Å². The molecule has 2 unspecified atom stereocenters. The SMILES string of the molecule is CSc1nc(C2C(=O)N[C@@H]([C@@H](C)O)C2=O)c2ncn([C@@H]3O[C@H](CO)C(O)[C@@H]3O)c2n1. The Morgan fingerprint density at radius 1 is 1.30 bits per heavy atom. The van der Waals surface area contributed by atoms with Crippen molar-refractivity contribution in [2.24, 2.45) is 0 Å². The molecule has 30 heavy (non-hydrogen) atoms. The molecule has 162 valence electrons. The number of hydrogen-bond acceptors (Lipinski definition) is 11. The first-order chi connectivity index (χ1) is 14.3. The van der Waals surface area contributed by atoms with Gasteiger partial charge >= 0.3 is 0 Å². The molecule has 12 nitrogen and oxygen atoms in total. The molecule has 0 aliphatic carbocycles. The summed E-state index contributed by atoms with van der Waals surface area (Å²) in [4.78, 5) is 38.2. The van der Waals surface area contributed by atoms with Gasteiger partial charge in [0.05, 0.1) is 24.7 Å². The molecule has 5 N–H and O–H groups in total. The van der Waals surface area contributed by atoms with Gasteiger partial charge in [0.2, 0.25) is 5.91 Å². The average molecular weight is 439 g/mol. The van der Waals surface area contributed by atoms with Gasteiger partial charge < -0.3 is 30.5 Å². The van der Waals surface area contributed by atoms with Gasteiger partial charge in [0, 0.05) is 0 Å². The number of amides is 1. The summed E-state index contributed by atoms with van der Waals surface area (Å²) in [6.07, 6.45) is -2.79. The number of ketones is 1. The first-order valence-electron chi connectivity index (χ1n) is 9.21. The minimum Gasteiger partial charge on any atom is -0.394 e. The molecule has 2 aromatic rings. The van der Waals surface area contributed by atoms with Crippen molar-refractivity contribution >= 4 is 34.6 Å². The number of aliphatic hydroxyl groups is 4. The second-order valence-corrected chi connectivity index (χ2v) is 7.98. The largest absolute Gasteiger partial charge is 0.394 e. The molecule has 0 bridgehead atoms. The van der Waals surface area contributed by atoms with Crippen molar-refractivity contribution in [2.75, 3.05) is 12.9 Å². The number of carbonyl (C=O) groups excluding carboxylic acids is 2. The van der Waals surface area contributed by atoms with Crippen LogP contribution in [0.5, 0.6) is 0 Å². The van der Waals surface area contributed by atoms with E-state index in [9.17, 15) is 30.0 Å². The quantitative estimate of drug-likeness (QED) is 0.192. The highest BCUT2D eigenvalue weighted by molar-refractivity contribution is 7.98. The zero-order valence-electron chi connectivity index (χ0n) is 16.0. The third-order valence-electron chi connectivity index (χ3n) is 5.31. The van der Waals surface area contributed by atoms with Crippen molar-refractivity contribution in [3.05, 3.63) is 12.0 Å². The summed E-state index contributed by atoms with van der Waals surface area (Å²) in [6, 6.07) is -1.05. The van der Waals surface area contributed by atoms with Crippen LogP contribution in [0.15, 0.2) is 11.5 Å². The van der Waals surface area contributed by atoms with Crippen LogP contribution in [0.1, 0.15) is 24.8 Å². The van der Waals surface area contributed by atoms with Gasteiger partial charge in [0.1, 0.15) is 35.8 Å². The molecular formula is C17H21N5O7S. The second kappa shape index (κ2) is 7.83. The number of aliphatic hydroxyl groups excluding tert-OH is 4. The molecule has 2 aromatic heterocycles. The number of fused-ring (bicyclic) bond motifs is 1. The normalized spacial score (nSPS) is 32.7. The standard InChI is InChI=1S/C17H21N5O7S/c1-5(24)8-12(26)7(15(28)19-8)9-10-14(21-17(20-9)30-2)22(4-18-10)16-13(27)11(25)6(3-23)29-16/h4-8,11,13,16,23-25,27H,3H2,1-2H3,(H,19,28)/t5-,6-,7?,8+,11?,13+,16-/m1/s1. The van der Waals surface area contributed by atoms with E-state index in [4.69, 9.17) is 4.74 Å². The number of imidazole rings is 1. The third-order valence-corrected chi connectivity index (χ3v) is 5.86. The summed E-state index contributed by atoms with van der Waals surface area (Å²) in [5.41, 5.74) is 0.436. The van der Waals surface area contributed by atoms with Crippen LogP contribution in [0.3, 0.4) is 0 Å². The van der Waals surface area contributed by atoms with Gasteiger partial charge in [-0.25, -0.2) is 15.0 Å². The van der Waals surface area contributed by atoms with Crippen LogP contribution in [0, 0.1) is 0 Å². The van der Waals surface area contributed by atoms with Gasteiger partial charge in [-0.1, -0.05) is 11.8 Å². The predicted molar refractivity (Wildman–Crippen MR) is 101 cm³/mol. The summed E-state index contributed by atoms with van der Waals surface area (Å²) in [5.74, 6) is -2.39. The lowest BCUT2D eigenvalue weighted by molar-refractivity contribution is -0.124. The highest BCUT2D eigenvalue weighted by Crippen LogP contribution is 2.34. The van der Waals surface area contributed by atoms with Crippen LogP contribution >= 0.6 is 11.8 Å². The molecular weight excluding hydrogens is 418 g/mol. The van der Waals surface area contributed by atoms with Crippen LogP contribution in [0.4, 0.5) is 0 Å². The molecule has 4 heterocycles. The molecule has 2 fully saturated rings. The number of carbonyl (C=O) groups is 2. The van der Waals surface area contributed by atoms with E-state index in [0.717, 1.165) is 0 Å². The zero-order chi connectivity index (χ0) is 21.7. The number of ether oxygens (including phenoxy) is 1. The monoisotopic (exact) mass is 439 g/mol. The molecule has 0 aromatic carbocycles. The third kappa shape index (κ3) is 3.18. The highest BCUT2D eigenvalue weighted by atomic mass is 32.2. The van der Waals surface area contributed by atoms with Gasteiger partial charge in [-0.15, -0.1) is 0 Å². The summed E-state index contributed by atoms with van der Waals surface area (Å²) < 4.78 is 6.91. The minimum absolute atomic E-state index is 0.0838. The van der Waals surface area contributed by atoms with E-state index in [-0.39, 0.29) is 22.0 Å². The molecule has 2 aliphatic rings. The van der Waals surface area contributed by atoms with E-state index in [1.807, 2.05) is 0 Å². The van der Waals surface area contributed by atoms with Crippen molar-refractivity contribution < 1.29 is 34.8 Å². The lowest BCUT2D eigenvalue weighted by atomic mass is 9.96. The van der Waals surface area contributed by atoms with E-state index >= 15 is 0 Å². The van der Waals surface area contributed by atoms with Gasteiger partial charge in [-0.05, 0) is 13.2 Å². The lowest BCUT2D eigenvalue weighted by Gasteiger charge is -2.17. The summed E-state index contributed by atoms with van der Waals surface area (Å²) in [6.45, 7) is 0.916. The van der Waals surface area contributed by atoms with Crippen molar-refractivity contribution in [1.82, 2.24) is 24.8 Å². The lowest BCUT2D eigenvalue weighted by Crippen LogP contribution is -2.38. The topological polar surface area (TPSA) is 180 Å². The number of Topliss-reactive ketones (excluding diaryl/α,β-unsaturated/α-hetero) is 1. The van der Waals surface area contributed by atoms with Gasteiger partial charge in [0.25, 0.3) is 0 Å². The van der Waals surface area contributed by atoms with Crippen LogP contribution in [-0.2, 0) is 14.3 Å². The Morgan fingerprint density at radius 3 is 2.60 bits per heavy atom. The fourth-order valence-electron chi connectivity index (χ4n) is 3.74.